The molecule has 9 heavy (non-hydrogen) atoms. The van der Waals surface area contributed by atoms with E-state index in [0.29, 0.717) is 0 Å². The molecular weight excluding hydrogens is 130 g/mol. The van der Waals surface area contributed by atoms with Crippen molar-refractivity contribution >= 4 is 11.3 Å². The molecule has 0 aromatic carbocycles. The van der Waals surface area contributed by atoms with Gasteiger partial charge in [-0.25, -0.2) is 0 Å². The van der Waals surface area contributed by atoms with Gasteiger partial charge in [0.2, 0.25) is 0 Å². The quantitative estimate of drug-likeness (QED) is 0.620. The van der Waals surface area contributed by atoms with Gasteiger partial charge in [-0.2, -0.15) is 0 Å². The highest BCUT2D eigenvalue weighted by atomic mass is 32.1. The van der Waals surface area contributed by atoms with Crippen molar-refractivity contribution in [2.75, 3.05) is 0 Å². The standard InChI is InChI=1S/C7H11NS.H2/c1-6(2)3-7-4-8-5-9-7;/h4-6H,3H2,1-2H3;1H. The van der Waals surface area contributed by atoms with E-state index in [1.165, 1.54) is 11.3 Å². The van der Waals surface area contributed by atoms with Gasteiger partial charge in [-0.05, 0) is 12.3 Å². The SMILES string of the molecule is CC(C)Cc1cncs1.[HH]. The maximum absolute atomic E-state index is 3.99. The summed E-state index contributed by atoms with van der Waals surface area (Å²) in [6.07, 6.45) is 3.12. The molecule has 0 fully saturated rings. The molecule has 52 valence electrons. The van der Waals surface area contributed by atoms with Gasteiger partial charge >= 0.3 is 0 Å². The maximum Gasteiger partial charge on any atom is 0.0794 e. The van der Waals surface area contributed by atoms with Gasteiger partial charge in [0, 0.05) is 12.5 Å². The molecule has 0 amide bonds. The van der Waals surface area contributed by atoms with Crippen LogP contribution in [0.4, 0.5) is 0 Å². The third kappa shape index (κ3) is 2.14. The Kier molecular flexibility index (Phi) is 2.22. The molecule has 0 aliphatic rings. The molecule has 0 atom stereocenters. The second kappa shape index (κ2) is 2.97. The summed E-state index contributed by atoms with van der Waals surface area (Å²) in [7, 11) is 0. The van der Waals surface area contributed by atoms with Crippen LogP contribution in [0.15, 0.2) is 11.7 Å². The molecule has 0 aliphatic heterocycles. The molecule has 0 saturated carbocycles. The first-order valence-corrected chi connectivity index (χ1v) is 4.04. The average molecular weight is 143 g/mol. The van der Waals surface area contributed by atoms with Crippen molar-refractivity contribution < 1.29 is 1.43 Å². The third-order valence-electron chi connectivity index (χ3n) is 1.09. The molecule has 0 spiro atoms. The smallest absolute Gasteiger partial charge is 0.0794 e. The highest BCUT2D eigenvalue weighted by molar-refractivity contribution is 7.09. The second-order valence-corrected chi connectivity index (χ2v) is 3.54. The molecule has 1 heterocycles. The number of hydrogen-bond acceptors (Lipinski definition) is 2. The predicted molar refractivity (Wildman–Crippen MR) is 42.8 cm³/mol. The normalized spacial score (nSPS) is 10.6. The summed E-state index contributed by atoms with van der Waals surface area (Å²) in [5.74, 6) is 0.755. The topological polar surface area (TPSA) is 12.9 Å². The van der Waals surface area contributed by atoms with Crippen LogP contribution < -0.4 is 0 Å². The first-order valence-electron chi connectivity index (χ1n) is 3.16. The molecule has 1 nitrogen and oxygen atoms in total. The van der Waals surface area contributed by atoms with E-state index in [-0.39, 0.29) is 1.43 Å². The Labute approximate surface area is 61.2 Å². The summed E-state index contributed by atoms with van der Waals surface area (Å²) < 4.78 is 0. The zero-order valence-corrected chi connectivity index (χ0v) is 6.61. The van der Waals surface area contributed by atoms with Crippen LogP contribution in [0, 0.1) is 5.92 Å². The Morgan fingerprint density at radius 2 is 2.56 bits per heavy atom. The van der Waals surface area contributed by atoms with Crippen LogP contribution in [0.5, 0.6) is 0 Å². The molecule has 1 aromatic heterocycles. The van der Waals surface area contributed by atoms with Crippen LogP contribution in [0.3, 0.4) is 0 Å². The molecule has 0 radical (unpaired) electrons. The minimum Gasteiger partial charge on any atom is -0.253 e. The van der Waals surface area contributed by atoms with Crippen LogP contribution in [0.25, 0.3) is 0 Å². The van der Waals surface area contributed by atoms with Gasteiger partial charge in [0.15, 0.2) is 0 Å². The minimum absolute atomic E-state index is 0. The van der Waals surface area contributed by atoms with Crippen LogP contribution in [-0.2, 0) is 6.42 Å². The number of nitrogens with zero attached hydrogens (tertiary/aromatic N) is 1. The van der Waals surface area contributed by atoms with Crippen LogP contribution in [0.2, 0.25) is 0 Å². The lowest BCUT2D eigenvalue weighted by Gasteiger charge is -1.97. The first kappa shape index (κ1) is 6.75. The molecule has 0 N–H and O–H groups in total. The van der Waals surface area contributed by atoms with Crippen LogP contribution in [-0.4, -0.2) is 4.98 Å². The van der Waals surface area contributed by atoms with E-state index in [9.17, 15) is 0 Å². The first-order chi connectivity index (χ1) is 4.29. The van der Waals surface area contributed by atoms with E-state index < -0.39 is 0 Å². The fourth-order valence-electron chi connectivity index (χ4n) is 0.745. The summed E-state index contributed by atoms with van der Waals surface area (Å²) in [6.45, 7) is 4.44. The zero-order chi connectivity index (χ0) is 6.69. The summed E-state index contributed by atoms with van der Waals surface area (Å²) in [4.78, 5) is 5.39. The molecule has 0 saturated heterocycles. The number of hydrogen-bond donors (Lipinski definition) is 0. The summed E-state index contributed by atoms with van der Waals surface area (Å²) in [5.41, 5.74) is 1.89. The van der Waals surface area contributed by atoms with Crippen molar-refractivity contribution in [1.82, 2.24) is 4.98 Å². The van der Waals surface area contributed by atoms with Gasteiger partial charge in [-0.1, -0.05) is 13.8 Å². The average Bonchev–Trinajstić information content (AvgIpc) is 2.15. The lowest BCUT2D eigenvalue weighted by molar-refractivity contribution is 0.653. The van der Waals surface area contributed by atoms with E-state index in [4.69, 9.17) is 0 Å². The van der Waals surface area contributed by atoms with Gasteiger partial charge in [-0.15, -0.1) is 11.3 Å². The predicted octanol–water partition coefficient (Wildman–Crippen LogP) is 2.59. The molecule has 0 aliphatic carbocycles. The Hall–Kier alpha value is -0.370. The minimum atomic E-state index is 0. The van der Waals surface area contributed by atoms with Gasteiger partial charge < -0.3 is 0 Å². The summed E-state index contributed by atoms with van der Waals surface area (Å²) in [6, 6.07) is 0. The number of rotatable bonds is 2. The van der Waals surface area contributed by atoms with Gasteiger partial charge in [0.25, 0.3) is 0 Å². The fraction of sp³-hybridized carbons (Fsp3) is 0.571. The molecule has 2 heteroatoms. The van der Waals surface area contributed by atoms with Crippen molar-refractivity contribution in [3.05, 3.63) is 16.6 Å². The summed E-state index contributed by atoms with van der Waals surface area (Å²) in [5, 5.41) is 0. The highest BCUT2D eigenvalue weighted by Crippen LogP contribution is 2.10. The lowest BCUT2D eigenvalue weighted by atomic mass is 10.1. The Morgan fingerprint density at radius 1 is 1.78 bits per heavy atom. The Morgan fingerprint density at radius 3 is 3.00 bits per heavy atom. The Balaban J connectivity index is 0.000000810. The van der Waals surface area contributed by atoms with Crippen LogP contribution >= 0.6 is 11.3 Å². The Bertz CT molecular complexity index is 160. The van der Waals surface area contributed by atoms with Crippen molar-refractivity contribution in [1.29, 1.82) is 0 Å². The lowest BCUT2D eigenvalue weighted by Crippen LogP contribution is -1.89. The van der Waals surface area contributed by atoms with Crippen molar-refractivity contribution in [3.8, 4) is 0 Å². The largest absolute Gasteiger partial charge is 0.253 e. The maximum atomic E-state index is 3.99. The van der Waals surface area contributed by atoms with E-state index in [0.717, 1.165) is 5.92 Å². The monoisotopic (exact) mass is 143 g/mol. The van der Waals surface area contributed by atoms with Gasteiger partial charge in [0.05, 0.1) is 5.51 Å². The van der Waals surface area contributed by atoms with Crippen molar-refractivity contribution in [2.24, 2.45) is 5.92 Å². The van der Waals surface area contributed by atoms with Crippen LogP contribution in [0.1, 0.15) is 20.2 Å². The van der Waals surface area contributed by atoms with E-state index in [1.54, 1.807) is 11.3 Å². The highest BCUT2D eigenvalue weighted by Gasteiger charge is 1.96. The second-order valence-electron chi connectivity index (χ2n) is 2.57. The molecule has 1 aromatic rings. The zero-order valence-electron chi connectivity index (χ0n) is 5.79. The molecule has 0 unspecified atom stereocenters. The molecular formula is C7H13NS. The number of thiazole rings is 1. The van der Waals surface area contributed by atoms with E-state index in [1.807, 2.05) is 11.7 Å². The van der Waals surface area contributed by atoms with E-state index >= 15 is 0 Å². The fourth-order valence-corrected chi connectivity index (χ4v) is 1.55. The van der Waals surface area contributed by atoms with Crippen molar-refractivity contribution in [3.63, 3.8) is 0 Å². The van der Waals surface area contributed by atoms with Gasteiger partial charge in [0.1, 0.15) is 0 Å². The number of aromatic nitrogens is 1. The van der Waals surface area contributed by atoms with E-state index in [2.05, 4.69) is 18.8 Å². The third-order valence-corrected chi connectivity index (χ3v) is 1.89. The van der Waals surface area contributed by atoms with Gasteiger partial charge in [-0.3, -0.25) is 4.98 Å². The molecule has 1 rings (SSSR count). The van der Waals surface area contributed by atoms with Crippen molar-refractivity contribution in [2.45, 2.75) is 20.3 Å². The molecule has 0 bridgehead atoms. The summed E-state index contributed by atoms with van der Waals surface area (Å²) >= 11 is 1.74.